The number of hydrogen-bond acceptors (Lipinski definition) is 4. The number of fused-ring (bicyclic) bond motifs is 1. The quantitative estimate of drug-likeness (QED) is 0.456. The number of aromatic hydroxyl groups is 1. The number of phenols is 1. The predicted molar refractivity (Wildman–Crippen MR) is 80.1 cm³/mol. The molecule has 0 aliphatic rings. The maximum absolute atomic E-state index is 11.6. The van der Waals surface area contributed by atoms with E-state index in [0.717, 1.165) is 10.3 Å². The van der Waals surface area contributed by atoms with Crippen molar-refractivity contribution >= 4 is 31.8 Å². The Morgan fingerprint density at radius 2 is 1.61 bits per heavy atom. The minimum atomic E-state index is -5.84. The Hall–Kier alpha value is -1.65. The van der Waals surface area contributed by atoms with Gasteiger partial charge < -0.3 is 10.2 Å². The van der Waals surface area contributed by atoms with Crippen LogP contribution in [-0.4, -0.2) is 36.1 Å². The summed E-state index contributed by atoms with van der Waals surface area (Å²) in [6.45, 7) is 0. The fourth-order valence-corrected chi connectivity index (χ4v) is 2.59. The van der Waals surface area contributed by atoms with Gasteiger partial charge in [0.15, 0.2) is 4.90 Å². The molecule has 0 radical (unpaired) electrons. The number of alkyl halides is 3. The predicted octanol–water partition coefficient (Wildman–Crippen LogP) is 2.25. The molecule has 0 aliphatic heterocycles. The number of hydrogen-bond donors (Lipinski definition) is 2. The van der Waals surface area contributed by atoms with E-state index in [0.29, 0.717) is 5.39 Å². The van der Waals surface area contributed by atoms with Crippen LogP contribution < -0.4 is 5.11 Å². The highest BCUT2D eigenvalue weighted by Crippen LogP contribution is 2.31. The smallest absolute Gasteiger partial charge is 0.522 e. The monoisotopic (exact) mass is 370 g/mol. The normalized spacial score (nSPS) is 12.1. The molecule has 0 saturated carbocycles. The molecule has 0 unspecified atom stereocenters. The Labute approximate surface area is 133 Å². The molecule has 0 aromatic heterocycles. The summed E-state index contributed by atoms with van der Waals surface area (Å²) in [6, 6.07) is 8.36. The largest absolute Gasteiger partial charge is 0.872 e. The summed E-state index contributed by atoms with van der Waals surface area (Å²) in [4.78, 5) is 1.13. The van der Waals surface area contributed by atoms with Gasteiger partial charge in [0, 0.05) is 16.3 Å². The molecule has 2 aromatic rings. The molecular formula is C13H13F3O5S2. The maximum atomic E-state index is 11.6. The molecule has 128 valence electrons. The highest BCUT2D eigenvalue weighted by Gasteiger charge is 2.44. The van der Waals surface area contributed by atoms with E-state index in [1.54, 1.807) is 24.3 Å². The first-order valence-electron chi connectivity index (χ1n) is 5.88. The van der Waals surface area contributed by atoms with Crippen LogP contribution in [0, 0.1) is 0 Å². The summed E-state index contributed by atoms with van der Waals surface area (Å²) in [5, 5.41) is 22.6. The topological polar surface area (TPSA) is 97.7 Å². The molecule has 0 fully saturated rings. The molecule has 10 heteroatoms. The van der Waals surface area contributed by atoms with Crippen LogP contribution in [0.4, 0.5) is 13.2 Å². The molecule has 0 aliphatic carbocycles. The summed E-state index contributed by atoms with van der Waals surface area (Å²) in [5.74, 6) is 0.221. The van der Waals surface area contributed by atoms with Gasteiger partial charge in [-0.3, -0.25) is 4.55 Å². The lowest BCUT2D eigenvalue weighted by Gasteiger charge is -2.12. The third kappa shape index (κ3) is 4.91. The van der Waals surface area contributed by atoms with Gasteiger partial charge in [-0.2, -0.15) is 21.6 Å². The summed E-state index contributed by atoms with van der Waals surface area (Å²) in [6.07, 6.45) is 4.20. The van der Waals surface area contributed by atoms with Gasteiger partial charge in [-0.05, 0) is 23.6 Å². The maximum Gasteiger partial charge on any atom is 0.522 e. The molecule has 23 heavy (non-hydrogen) atoms. The zero-order valence-corrected chi connectivity index (χ0v) is 13.6. The fraction of sp³-hybridized carbons (Fsp3) is 0.231. The van der Waals surface area contributed by atoms with Gasteiger partial charge in [0.1, 0.15) is 18.3 Å². The number of rotatable bonds is 1. The highest BCUT2D eigenvalue weighted by molar-refractivity contribution is 7.95. The van der Waals surface area contributed by atoms with Crippen molar-refractivity contribution in [1.82, 2.24) is 0 Å². The standard InChI is InChI=1S/C12H12O2S.CHF3O3S/c1-15(2)12-6-5-11(14)9-4-3-8(13)7-10(9)12;2-1(3,4)8(5,6)7/h3-7H,1-2H3,(H-,13,14);(H,5,6,7). The summed E-state index contributed by atoms with van der Waals surface area (Å²) in [5.41, 5.74) is -5.53. The zero-order valence-electron chi connectivity index (χ0n) is 12.0. The van der Waals surface area contributed by atoms with E-state index in [4.69, 9.17) is 13.0 Å². The number of halogens is 3. The average molecular weight is 370 g/mol. The van der Waals surface area contributed by atoms with Crippen LogP contribution in [0.25, 0.3) is 10.8 Å². The van der Waals surface area contributed by atoms with Crippen molar-refractivity contribution in [1.29, 1.82) is 0 Å². The van der Waals surface area contributed by atoms with E-state index >= 15 is 0 Å². The first kappa shape index (κ1) is 19.4. The lowest BCUT2D eigenvalue weighted by molar-refractivity contribution is -0.265. The van der Waals surface area contributed by atoms with Gasteiger partial charge in [0.05, 0.1) is 0 Å². The molecule has 0 atom stereocenters. The van der Waals surface area contributed by atoms with Crippen molar-refractivity contribution in [3.05, 3.63) is 30.3 Å². The SMILES string of the molecule is C[S+](C)c1ccc([O-])c2ccc(O)cc12.O=S(=O)(O)C(F)(F)F. The lowest BCUT2D eigenvalue weighted by Crippen LogP contribution is -2.21. The Kier molecular flexibility index (Phi) is 5.78. The molecule has 0 spiro atoms. The van der Waals surface area contributed by atoms with Crippen molar-refractivity contribution in [2.45, 2.75) is 10.4 Å². The average Bonchev–Trinajstić information content (AvgIpc) is 2.36. The highest BCUT2D eigenvalue weighted by atomic mass is 32.2. The Bertz CT molecular complexity index is 801. The van der Waals surface area contributed by atoms with E-state index < -0.39 is 15.6 Å². The zero-order chi connectivity index (χ0) is 18.0. The van der Waals surface area contributed by atoms with Crippen molar-refractivity contribution in [3.63, 3.8) is 0 Å². The van der Waals surface area contributed by atoms with E-state index in [2.05, 4.69) is 12.5 Å². The molecule has 0 heterocycles. The fourth-order valence-electron chi connectivity index (χ4n) is 1.64. The summed E-state index contributed by atoms with van der Waals surface area (Å²) < 4.78 is 57.5. The van der Waals surface area contributed by atoms with Gasteiger partial charge >= 0.3 is 15.6 Å². The van der Waals surface area contributed by atoms with Crippen LogP contribution in [0.5, 0.6) is 11.5 Å². The second-order valence-corrected chi connectivity index (χ2v) is 8.01. The lowest BCUT2D eigenvalue weighted by atomic mass is 10.1. The molecule has 2 aromatic carbocycles. The Balaban J connectivity index is 0.000000284. The first-order chi connectivity index (χ1) is 10.3. The van der Waals surface area contributed by atoms with Gasteiger partial charge in [-0.25, -0.2) is 0 Å². The van der Waals surface area contributed by atoms with Crippen LogP contribution in [0.3, 0.4) is 0 Å². The van der Waals surface area contributed by atoms with Crippen LogP contribution in [0.1, 0.15) is 0 Å². The summed E-state index contributed by atoms with van der Waals surface area (Å²) >= 11 is 0. The van der Waals surface area contributed by atoms with Gasteiger partial charge in [0.2, 0.25) is 0 Å². The van der Waals surface area contributed by atoms with Crippen LogP contribution >= 0.6 is 0 Å². The van der Waals surface area contributed by atoms with Gasteiger partial charge in [-0.15, -0.1) is 5.75 Å². The molecule has 0 bridgehead atoms. The van der Waals surface area contributed by atoms with E-state index in [-0.39, 0.29) is 22.4 Å². The summed E-state index contributed by atoms with van der Waals surface area (Å²) in [7, 11) is -5.76. The van der Waals surface area contributed by atoms with E-state index in [1.165, 1.54) is 0 Å². The third-order valence-electron chi connectivity index (χ3n) is 2.65. The second-order valence-electron chi connectivity index (χ2n) is 4.53. The van der Waals surface area contributed by atoms with E-state index in [1.807, 2.05) is 6.07 Å². The molecule has 2 rings (SSSR count). The van der Waals surface area contributed by atoms with Crippen LogP contribution in [0.2, 0.25) is 0 Å². The Morgan fingerprint density at radius 1 is 1.09 bits per heavy atom. The number of benzene rings is 2. The first-order valence-corrected chi connectivity index (χ1v) is 9.37. The van der Waals surface area contributed by atoms with Crippen LogP contribution in [0.15, 0.2) is 35.2 Å². The molecule has 2 N–H and O–H groups in total. The minimum absolute atomic E-state index is 0.0131. The van der Waals surface area contributed by atoms with Crippen LogP contribution in [-0.2, 0) is 21.0 Å². The number of phenolic OH excluding ortho intramolecular Hbond substituents is 1. The molecule has 0 amide bonds. The minimum Gasteiger partial charge on any atom is -0.872 e. The molecular weight excluding hydrogens is 357 g/mol. The second kappa shape index (κ2) is 6.85. The van der Waals surface area contributed by atoms with Crippen molar-refractivity contribution in [2.24, 2.45) is 0 Å². The molecule has 0 saturated heterocycles. The van der Waals surface area contributed by atoms with Crippen molar-refractivity contribution in [3.8, 4) is 11.5 Å². The molecule has 5 nitrogen and oxygen atoms in total. The van der Waals surface area contributed by atoms with Gasteiger partial charge in [0.25, 0.3) is 0 Å². The van der Waals surface area contributed by atoms with Gasteiger partial charge in [-0.1, -0.05) is 12.1 Å². The van der Waals surface area contributed by atoms with Crippen molar-refractivity contribution < 1.29 is 36.4 Å². The Morgan fingerprint density at radius 3 is 2.04 bits per heavy atom. The third-order valence-corrected chi connectivity index (χ3v) is 4.47. The van der Waals surface area contributed by atoms with Crippen molar-refractivity contribution in [2.75, 3.05) is 12.5 Å². The van der Waals surface area contributed by atoms with E-state index in [9.17, 15) is 23.4 Å².